The van der Waals surface area contributed by atoms with Crippen molar-refractivity contribution in [2.45, 2.75) is 5.38 Å². The molecule has 0 amide bonds. The zero-order valence-corrected chi connectivity index (χ0v) is 15.1. The lowest BCUT2D eigenvalue weighted by atomic mass is 10.0. The molecule has 0 fully saturated rings. The summed E-state index contributed by atoms with van der Waals surface area (Å²) in [5, 5.41) is 0.471. The highest BCUT2D eigenvalue weighted by Gasteiger charge is 2.22. The van der Waals surface area contributed by atoms with Crippen molar-refractivity contribution in [2.24, 2.45) is 0 Å². The van der Waals surface area contributed by atoms with Gasteiger partial charge >= 0.3 is 0 Å². The largest absolute Gasteiger partial charge is 0.495 e. The van der Waals surface area contributed by atoms with Crippen molar-refractivity contribution in [2.75, 3.05) is 14.2 Å². The maximum absolute atomic E-state index is 6.56. The van der Waals surface area contributed by atoms with Crippen molar-refractivity contribution in [3.05, 3.63) is 56.0 Å². The number of hydrogen-bond donors (Lipinski definition) is 0. The van der Waals surface area contributed by atoms with Gasteiger partial charge in [-0.15, -0.1) is 11.6 Å². The molecule has 21 heavy (non-hydrogen) atoms. The van der Waals surface area contributed by atoms with E-state index in [4.69, 9.17) is 44.3 Å². The maximum Gasteiger partial charge on any atom is 0.146 e. The quantitative estimate of drug-likeness (QED) is 0.567. The lowest BCUT2D eigenvalue weighted by molar-refractivity contribution is 0.392. The van der Waals surface area contributed by atoms with Crippen LogP contribution in [0.15, 0.2) is 34.8 Å². The second kappa shape index (κ2) is 7.10. The number of halogens is 4. The fourth-order valence-corrected chi connectivity index (χ4v) is 3.52. The monoisotopic (exact) mass is 408 g/mol. The third kappa shape index (κ3) is 3.42. The number of methoxy groups -OCH3 is 2. The SMILES string of the molecule is COc1ccc(C(Cl)c2ccc(Br)cc2Cl)c(OC)c1Cl. The zero-order chi connectivity index (χ0) is 15.6. The molecule has 0 aromatic heterocycles. The third-order valence-electron chi connectivity index (χ3n) is 3.02. The van der Waals surface area contributed by atoms with Crippen LogP contribution in [0.3, 0.4) is 0 Å². The molecule has 0 aliphatic carbocycles. The molecule has 2 aromatic rings. The average Bonchev–Trinajstić information content (AvgIpc) is 2.46. The van der Waals surface area contributed by atoms with E-state index in [1.54, 1.807) is 19.2 Å². The van der Waals surface area contributed by atoms with Crippen LogP contribution in [-0.2, 0) is 0 Å². The van der Waals surface area contributed by atoms with Crippen LogP contribution in [0.4, 0.5) is 0 Å². The Hall–Kier alpha value is -0.610. The Balaban J connectivity index is 2.52. The minimum atomic E-state index is -0.482. The summed E-state index contributed by atoms with van der Waals surface area (Å²) in [6, 6.07) is 9.11. The van der Waals surface area contributed by atoms with Crippen LogP contribution in [0.25, 0.3) is 0 Å². The first-order valence-corrected chi connectivity index (χ1v) is 7.97. The second-order valence-electron chi connectivity index (χ2n) is 4.23. The predicted octanol–water partition coefficient (Wildman–Crippen LogP) is 6.10. The normalized spacial score (nSPS) is 12.1. The van der Waals surface area contributed by atoms with E-state index >= 15 is 0 Å². The molecule has 0 saturated carbocycles. The van der Waals surface area contributed by atoms with E-state index in [1.165, 1.54) is 7.11 Å². The van der Waals surface area contributed by atoms with Gasteiger partial charge < -0.3 is 9.47 Å². The molecule has 1 unspecified atom stereocenters. The topological polar surface area (TPSA) is 18.5 Å². The minimum Gasteiger partial charge on any atom is -0.495 e. The van der Waals surface area contributed by atoms with Gasteiger partial charge in [-0.2, -0.15) is 0 Å². The van der Waals surface area contributed by atoms with E-state index in [1.807, 2.05) is 18.2 Å². The van der Waals surface area contributed by atoms with E-state index in [9.17, 15) is 0 Å². The number of hydrogen-bond acceptors (Lipinski definition) is 2. The molecule has 1 atom stereocenters. The van der Waals surface area contributed by atoms with Crippen LogP contribution in [0.5, 0.6) is 11.5 Å². The van der Waals surface area contributed by atoms with E-state index in [0.717, 1.165) is 15.6 Å². The van der Waals surface area contributed by atoms with Crippen molar-refractivity contribution < 1.29 is 9.47 Å². The fraction of sp³-hybridized carbons (Fsp3) is 0.200. The first-order valence-electron chi connectivity index (χ1n) is 5.99. The molecule has 0 bridgehead atoms. The molecule has 2 aromatic carbocycles. The summed E-state index contributed by atoms with van der Waals surface area (Å²) in [6.07, 6.45) is 0. The summed E-state index contributed by atoms with van der Waals surface area (Å²) < 4.78 is 11.4. The Bertz CT molecular complexity index is 662. The molecular formula is C15H12BrCl3O2. The van der Waals surface area contributed by atoms with E-state index in [-0.39, 0.29) is 0 Å². The molecular weight excluding hydrogens is 398 g/mol. The zero-order valence-electron chi connectivity index (χ0n) is 11.3. The molecule has 0 aliphatic heterocycles. The van der Waals surface area contributed by atoms with Gasteiger partial charge in [0, 0.05) is 15.1 Å². The summed E-state index contributed by atoms with van der Waals surface area (Å²) in [6.45, 7) is 0. The molecule has 0 aliphatic rings. The Labute approximate surface area is 147 Å². The molecule has 2 rings (SSSR count). The number of rotatable bonds is 4. The summed E-state index contributed by atoms with van der Waals surface area (Å²) in [5.74, 6) is 1.01. The second-order valence-corrected chi connectivity index (χ2v) is 6.37. The highest BCUT2D eigenvalue weighted by atomic mass is 79.9. The van der Waals surface area contributed by atoms with Crippen LogP contribution >= 0.6 is 50.7 Å². The minimum absolute atomic E-state index is 0.386. The first kappa shape index (κ1) is 16.8. The Morgan fingerprint density at radius 3 is 2.24 bits per heavy atom. The van der Waals surface area contributed by atoms with Crippen molar-refractivity contribution in [3.8, 4) is 11.5 Å². The van der Waals surface area contributed by atoms with Crippen molar-refractivity contribution in [1.82, 2.24) is 0 Å². The van der Waals surface area contributed by atoms with Gasteiger partial charge in [0.1, 0.15) is 16.5 Å². The maximum atomic E-state index is 6.56. The first-order chi connectivity index (χ1) is 9.99. The van der Waals surface area contributed by atoms with Gasteiger partial charge in [0.15, 0.2) is 0 Å². The number of alkyl halides is 1. The predicted molar refractivity (Wildman–Crippen MR) is 91.4 cm³/mol. The molecule has 6 heteroatoms. The van der Waals surface area contributed by atoms with Gasteiger partial charge in [0.05, 0.1) is 19.6 Å². The summed E-state index contributed by atoms with van der Waals surface area (Å²) in [5.41, 5.74) is 1.51. The van der Waals surface area contributed by atoms with Crippen LogP contribution < -0.4 is 9.47 Å². The van der Waals surface area contributed by atoms with Gasteiger partial charge in [0.25, 0.3) is 0 Å². The number of benzene rings is 2. The molecule has 0 spiro atoms. The van der Waals surface area contributed by atoms with Crippen molar-refractivity contribution in [3.63, 3.8) is 0 Å². The van der Waals surface area contributed by atoms with Crippen LogP contribution in [0.1, 0.15) is 16.5 Å². The van der Waals surface area contributed by atoms with Crippen LogP contribution in [0.2, 0.25) is 10.0 Å². The number of ether oxygens (including phenoxy) is 2. The summed E-state index contributed by atoms with van der Waals surface area (Å²) in [7, 11) is 3.08. The van der Waals surface area contributed by atoms with Crippen LogP contribution in [0, 0.1) is 0 Å². The molecule has 2 nitrogen and oxygen atoms in total. The summed E-state index contributed by atoms with van der Waals surface area (Å²) >= 11 is 22.4. The van der Waals surface area contributed by atoms with Gasteiger partial charge in [-0.05, 0) is 29.8 Å². The van der Waals surface area contributed by atoms with E-state index in [2.05, 4.69) is 15.9 Å². The molecule has 0 saturated heterocycles. The molecule has 112 valence electrons. The lowest BCUT2D eigenvalue weighted by Gasteiger charge is -2.18. The van der Waals surface area contributed by atoms with Gasteiger partial charge in [0.2, 0.25) is 0 Å². The smallest absolute Gasteiger partial charge is 0.146 e. The Morgan fingerprint density at radius 2 is 1.67 bits per heavy atom. The van der Waals surface area contributed by atoms with E-state index < -0.39 is 5.38 Å². The molecule has 0 heterocycles. The van der Waals surface area contributed by atoms with E-state index in [0.29, 0.717) is 21.5 Å². The highest BCUT2D eigenvalue weighted by Crippen LogP contribution is 2.44. The third-order valence-corrected chi connectivity index (χ3v) is 4.67. The summed E-state index contributed by atoms with van der Waals surface area (Å²) in [4.78, 5) is 0. The van der Waals surface area contributed by atoms with Gasteiger partial charge in [-0.3, -0.25) is 0 Å². The highest BCUT2D eigenvalue weighted by molar-refractivity contribution is 9.10. The van der Waals surface area contributed by atoms with Crippen LogP contribution in [-0.4, -0.2) is 14.2 Å². The van der Waals surface area contributed by atoms with Gasteiger partial charge in [-0.25, -0.2) is 0 Å². The van der Waals surface area contributed by atoms with Gasteiger partial charge in [-0.1, -0.05) is 45.2 Å². The lowest BCUT2D eigenvalue weighted by Crippen LogP contribution is -2.00. The fourth-order valence-electron chi connectivity index (χ4n) is 1.99. The Morgan fingerprint density at radius 1 is 1.00 bits per heavy atom. The van der Waals surface area contributed by atoms with Crippen molar-refractivity contribution in [1.29, 1.82) is 0 Å². The standard InChI is InChI=1S/C15H12BrCl3O2/c1-20-12-6-5-10(15(21-2)14(12)19)13(18)9-4-3-8(16)7-11(9)17/h3-7,13H,1-2H3. The molecule has 0 radical (unpaired) electrons. The Kier molecular flexibility index (Phi) is 5.67. The average molecular weight is 411 g/mol. The molecule has 0 N–H and O–H groups in total. The van der Waals surface area contributed by atoms with Crippen molar-refractivity contribution >= 4 is 50.7 Å².